The molecule has 2 heterocycles. The zero-order valence-electron chi connectivity index (χ0n) is 15.8. The van der Waals surface area contributed by atoms with Crippen molar-refractivity contribution in [1.82, 2.24) is 19.9 Å². The molecule has 0 saturated heterocycles. The van der Waals surface area contributed by atoms with Gasteiger partial charge in [-0.1, -0.05) is 12.1 Å². The number of nitrogens with zero attached hydrogens (tertiary/aromatic N) is 4. The van der Waals surface area contributed by atoms with E-state index in [1.54, 1.807) is 19.5 Å². The fraction of sp³-hybridized carbons (Fsp3) is 0.250. The Morgan fingerprint density at radius 3 is 2.56 bits per heavy atom. The molecule has 0 atom stereocenters. The molecule has 3 rings (SSSR count). The maximum atomic E-state index is 5.42. The van der Waals surface area contributed by atoms with Gasteiger partial charge in [0.2, 0.25) is 5.95 Å². The van der Waals surface area contributed by atoms with Crippen molar-refractivity contribution in [2.45, 2.75) is 0 Å². The van der Waals surface area contributed by atoms with Crippen molar-refractivity contribution in [3.8, 4) is 17.0 Å². The molecular formula is C20H24N6O. The van der Waals surface area contributed by atoms with Gasteiger partial charge in [0.15, 0.2) is 0 Å². The van der Waals surface area contributed by atoms with E-state index < -0.39 is 0 Å². The SMILES string of the molecule is COc1ccccc1Nc1cc(-c2ccncc2)nc(NCCN(C)C)n1. The van der Waals surface area contributed by atoms with E-state index in [9.17, 15) is 0 Å². The number of rotatable bonds is 8. The lowest BCUT2D eigenvalue weighted by atomic mass is 10.2. The first kappa shape index (κ1) is 18.6. The van der Waals surface area contributed by atoms with Gasteiger partial charge in [-0.05, 0) is 38.4 Å². The number of pyridine rings is 1. The van der Waals surface area contributed by atoms with Gasteiger partial charge in [-0.3, -0.25) is 4.98 Å². The highest BCUT2D eigenvalue weighted by atomic mass is 16.5. The zero-order valence-corrected chi connectivity index (χ0v) is 15.8. The summed E-state index contributed by atoms with van der Waals surface area (Å²) in [4.78, 5) is 15.4. The third-order valence-corrected chi connectivity index (χ3v) is 3.91. The van der Waals surface area contributed by atoms with Crippen molar-refractivity contribution < 1.29 is 4.74 Å². The summed E-state index contributed by atoms with van der Waals surface area (Å²) in [5, 5.41) is 6.62. The summed E-state index contributed by atoms with van der Waals surface area (Å²) in [7, 11) is 5.71. The molecule has 7 heteroatoms. The number of benzene rings is 1. The summed E-state index contributed by atoms with van der Waals surface area (Å²) in [5.74, 6) is 2.01. The van der Waals surface area contributed by atoms with Crippen LogP contribution in [0.25, 0.3) is 11.3 Å². The molecule has 0 unspecified atom stereocenters. The highest BCUT2D eigenvalue weighted by Crippen LogP contribution is 2.28. The van der Waals surface area contributed by atoms with Gasteiger partial charge in [0.25, 0.3) is 0 Å². The number of aromatic nitrogens is 3. The second-order valence-corrected chi connectivity index (χ2v) is 6.25. The molecule has 27 heavy (non-hydrogen) atoms. The Bertz CT molecular complexity index is 869. The Balaban J connectivity index is 1.91. The van der Waals surface area contributed by atoms with Gasteiger partial charge in [0.1, 0.15) is 11.6 Å². The van der Waals surface area contributed by atoms with Gasteiger partial charge in [0, 0.05) is 37.1 Å². The number of methoxy groups -OCH3 is 1. The second-order valence-electron chi connectivity index (χ2n) is 6.25. The van der Waals surface area contributed by atoms with Gasteiger partial charge in [0.05, 0.1) is 18.5 Å². The molecule has 1 aromatic carbocycles. The molecular weight excluding hydrogens is 340 g/mol. The van der Waals surface area contributed by atoms with Crippen LogP contribution in [0.4, 0.5) is 17.5 Å². The van der Waals surface area contributed by atoms with E-state index in [1.165, 1.54) is 0 Å². The number of hydrogen-bond donors (Lipinski definition) is 2. The van der Waals surface area contributed by atoms with Gasteiger partial charge in [-0.15, -0.1) is 0 Å². The minimum Gasteiger partial charge on any atom is -0.495 e. The highest BCUT2D eigenvalue weighted by Gasteiger charge is 2.09. The Morgan fingerprint density at radius 2 is 1.81 bits per heavy atom. The first-order valence-corrected chi connectivity index (χ1v) is 8.74. The van der Waals surface area contributed by atoms with Crippen LogP contribution >= 0.6 is 0 Å². The second kappa shape index (κ2) is 8.95. The van der Waals surface area contributed by atoms with Gasteiger partial charge in [-0.25, -0.2) is 4.98 Å². The van der Waals surface area contributed by atoms with Crippen LogP contribution in [-0.4, -0.2) is 54.1 Å². The molecule has 3 aromatic rings. The number of likely N-dealkylation sites (N-methyl/N-ethyl adjacent to an activating group) is 1. The van der Waals surface area contributed by atoms with Crippen LogP contribution in [0, 0.1) is 0 Å². The number of para-hydroxylation sites is 2. The fourth-order valence-corrected chi connectivity index (χ4v) is 2.54. The number of anilines is 3. The first-order chi connectivity index (χ1) is 13.2. The number of hydrogen-bond acceptors (Lipinski definition) is 7. The predicted molar refractivity (Wildman–Crippen MR) is 109 cm³/mol. The Labute approximate surface area is 159 Å². The smallest absolute Gasteiger partial charge is 0.225 e. The van der Waals surface area contributed by atoms with E-state index in [1.807, 2.05) is 56.6 Å². The van der Waals surface area contributed by atoms with Crippen LogP contribution in [-0.2, 0) is 0 Å². The topological polar surface area (TPSA) is 75.2 Å². The quantitative estimate of drug-likeness (QED) is 0.635. The van der Waals surface area contributed by atoms with E-state index in [0.717, 1.165) is 35.8 Å². The summed E-state index contributed by atoms with van der Waals surface area (Å²) < 4.78 is 5.42. The lowest BCUT2D eigenvalue weighted by molar-refractivity contribution is 0.417. The molecule has 0 spiro atoms. The summed E-state index contributed by atoms with van der Waals surface area (Å²) in [5.41, 5.74) is 2.64. The van der Waals surface area contributed by atoms with Crippen molar-refractivity contribution in [2.75, 3.05) is 44.9 Å². The maximum absolute atomic E-state index is 5.42. The normalized spacial score (nSPS) is 10.7. The highest BCUT2D eigenvalue weighted by molar-refractivity contribution is 5.69. The van der Waals surface area contributed by atoms with Crippen molar-refractivity contribution in [3.63, 3.8) is 0 Å². The molecule has 0 amide bonds. The van der Waals surface area contributed by atoms with Crippen molar-refractivity contribution in [3.05, 3.63) is 54.9 Å². The third kappa shape index (κ3) is 5.15. The third-order valence-electron chi connectivity index (χ3n) is 3.91. The van der Waals surface area contributed by atoms with Gasteiger partial charge in [-0.2, -0.15) is 4.98 Å². The lowest BCUT2D eigenvalue weighted by Gasteiger charge is -2.14. The van der Waals surface area contributed by atoms with E-state index >= 15 is 0 Å². The first-order valence-electron chi connectivity index (χ1n) is 8.74. The molecule has 0 fully saturated rings. The van der Waals surface area contributed by atoms with Crippen LogP contribution < -0.4 is 15.4 Å². The summed E-state index contributed by atoms with van der Waals surface area (Å²) in [6.45, 7) is 1.64. The number of ether oxygens (including phenoxy) is 1. The van der Waals surface area contributed by atoms with E-state index in [0.29, 0.717) is 11.8 Å². The summed E-state index contributed by atoms with van der Waals surface area (Å²) in [6.07, 6.45) is 3.51. The average Bonchev–Trinajstić information content (AvgIpc) is 2.69. The zero-order chi connectivity index (χ0) is 19.1. The molecule has 140 valence electrons. The molecule has 0 aliphatic carbocycles. The van der Waals surface area contributed by atoms with Crippen LogP contribution in [0.15, 0.2) is 54.9 Å². The van der Waals surface area contributed by atoms with Crippen molar-refractivity contribution in [1.29, 1.82) is 0 Å². The number of nitrogens with one attached hydrogen (secondary N) is 2. The molecule has 0 radical (unpaired) electrons. The van der Waals surface area contributed by atoms with Crippen LogP contribution in [0.1, 0.15) is 0 Å². The molecule has 0 saturated carbocycles. The Hall–Kier alpha value is -3.19. The van der Waals surface area contributed by atoms with Crippen LogP contribution in [0.5, 0.6) is 5.75 Å². The van der Waals surface area contributed by atoms with Crippen molar-refractivity contribution >= 4 is 17.5 Å². The maximum Gasteiger partial charge on any atom is 0.225 e. The van der Waals surface area contributed by atoms with E-state index in [2.05, 4.69) is 30.5 Å². The minimum atomic E-state index is 0.573. The molecule has 0 aliphatic rings. The molecule has 2 aromatic heterocycles. The van der Waals surface area contributed by atoms with Gasteiger partial charge < -0.3 is 20.3 Å². The molecule has 0 bridgehead atoms. The van der Waals surface area contributed by atoms with E-state index in [-0.39, 0.29) is 0 Å². The fourth-order valence-electron chi connectivity index (χ4n) is 2.54. The van der Waals surface area contributed by atoms with E-state index in [4.69, 9.17) is 4.74 Å². The summed E-state index contributed by atoms with van der Waals surface area (Å²) in [6, 6.07) is 13.5. The van der Waals surface area contributed by atoms with Crippen LogP contribution in [0.3, 0.4) is 0 Å². The monoisotopic (exact) mass is 364 g/mol. The molecule has 2 N–H and O–H groups in total. The van der Waals surface area contributed by atoms with Gasteiger partial charge >= 0.3 is 0 Å². The lowest BCUT2D eigenvalue weighted by Crippen LogP contribution is -2.21. The molecule has 0 aliphatic heterocycles. The average molecular weight is 364 g/mol. The predicted octanol–water partition coefficient (Wildman–Crippen LogP) is 3.26. The van der Waals surface area contributed by atoms with Crippen LogP contribution in [0.2, 0.25) is 0 Å². The van der Waals surface area contributed by atoms with Crippen molar-refractivity contribution in [2.24, 2.45) is 0 Å². The standard InChI is InChI=1S/C20H24N6O/c1-26(2)13-12-22-20-24-17(15-8-10-21-11-9-15)14-19(25-20)23-16-6-4-5-7-18(16)27-3/h4-11,14H,12-13H2,1-3H3,(H2,22,23,24,25). The Morgan fingerprint density at radius 1 is 1.04 bits per heavy atom. The molecule has 7 nitrogen and oxygen atoms in total. The minimum absolute atomic E-state index is 0.573. The largest absolute Gasteiger partial charge is 0.495 e. The Kier molecular flexibility index (Phi) is 6.17. The summed E-state index contributed by atoms with van der Waals surface area (Å²) >= 11 is 0.